The summed E-state index contributed by atoms with van der Waals surface area (Å²) in [7, 11) is -0.182. The van der Waals surface area contributed by atoms with Gasteiger partial charge in [0, 0.05) is 35.3 Å². The van der Waals surface area contributed by atoms with E-state index in [1.165, 1.54) is 22.6 Å². The van der Waals surface area contributed by atoms with Crippen LogP contribution in [0.5, 0.6) is 0 Å². The molecule has 1 radical (unpaired) electrons. The number of alkyl halides is 24. The Morgan fingerprint density at radius 2 is 0.384 bits per heavy atom. The average molecular weight is 1390 g/mol. The predicted molar refractivity (Wildman–Crippen MR) is 284 cm³/mol. The summed E-state index contributed by atoms with van der Waals surface area (Å²) in [5.74, 6) is 0. The van der Waals surface area contributed by atoms with Gasteiger partial charge in [0.15, 0.2) is 0 Å². The SMILES string of the molecule is C1CCC([PH+](CC[PH+](C2CCCCC2)C2CCCCC2)C2CCCCC2)CC1.FC(F)(F)c1cc([B-](c2cc(C(F)(F)F)cc(C(F)(F)F)c2)(c2cc(C(F)(F)F)cc(C(F)(F)F)c2)c2cc(C(F)(F)F)cc(C(F)(F)F)c2)cc(C(F)(F)F)c1.[Rh]. The van der Waals surface area contributed by atoms with Gasteiger partial charge in [-0.25, -0.2) is 0 Å². The van der Waals surface area contributed by atoms with Gasteiger partial charge in [-0.2, -0.15) is 127 Å². The molecule has 4 saturated carbocycles. The summed E-state index contributed by atoms with van der Waals surface area (Å²) in [6, 6.07) is -8.81. The number of hydrogen-bond acceptors (Lipinski definition) is 0. The summed E-state index contributed by atoms with van der Waals surface area (Å²) in [6.45, 7) is 0. The van der Waals surface area contributed by atoms with Gasteiger partial charge in [-0.1, -0.05) is 74.2 Å². The van der Waals surface area contributed by atoms with Crippen LogP contribution in [0.2, 0.25) is 0 Å². The van der Waals surface area contributed by atoms with Crippen LogP contribution in [0.15, 0.2) is 72.8 Å². The standard InChI is InChI=1S/C32H12BF24.C26H48P2.Rh/c34-25(35,36)13-1-14(26(37,38)39)6-21(5-13)33(22-7-15(27(40,41)42)2-16(8-22)28(43,44)45,23-9-17(29(46,47)48)3-18(10-23)30(49,50)51)24-11-19(31(52,53)54)4-20(12-24)32(55,56)57;1-5-13-23(14-6-1)27(24-15-7-2-8-16-24)21-22-28(25-17-9-3-10-18-25)26-19-11-4-12-20-26;/h1-12H;23-26H,1-22H2;/q-1;;/p+2. The van der Waals surface area contributed by atoms with Gasteiger partial charge < -0.3 is 0 Å². The monoisotopic (exact) mass is 1390 g/mol. The van der Waals surface area contributed by atoms with Crippen molar-refractivity contribution in [2.24, 2.45) is 0 Å². The Morgan fingerprint density at radius 3 is 0.512 bits per heavy atom. The smallest absolute Gasteiger partial charge is 0.194 e. The van der Waals surface area contributed by atoms with E-state index in [0.717, 1.165) is 0 Å². The molecule has 28 heteroatoms. The molecule has 4 aliphatic rings. The summed E-state index contributed by atoms with van der Waals surface area (Å²) in [6.07, 6.45) is -19.3. The van der Waals surface area contributed by atoms with Crippen LogP contribution in [0.3, 0.4) is 0 Å². The molecule has 0 unspecified atom stereocenters. The molecule has 0 atom stereocenters. The van der Waals surface area contributed by atoms with Gasteiger partial charge in [0.25, 0.3) is 0 Å². The van der Waals surface area contributed by atoms with Gasteiger partial charge in [-0.15, -0.1) is 0 Å². The fourth-order valence-electron chi connectivity index (χ4n) is 13.7. The molecular weight excluding hydrogens is 1330 g/mol. The average Bonchev–Trinajstić information content (AvgIpc) is 0.824. The Bertz CT molecular complexity index is 2350. The Hall–Kier alpha value is -3.25. The van der Waals surface area contributed by atoms with Crippen molar-refractivity contribution in [2.75, 3.05) is 12.3 Å². The Labute approximate surface area is 497 Å². The molecule has 0 saturated heterocycles. The number of hydrogen-bond donors (Lipinski definition) is 0. The molecule has 86 heavy (non-hydrogen) atoms. The van der Waals surface area contributed by atoms with Crippen LogP contribution >= 0.6 is 15.8 Å². The second-order valence-electron chi connectivity index (χ2n) is 23.2. The van der Waals surface area contributed by atoms with E-state index in [2.05, 4.69) is 0 Å². The maximum absolute atomic E-state index is 14.2. The summed E-state index contributed by atoms with van der Waals surface area (Å²) in [4.78, 5) is 0. The quantitative estimate of drug-likeness (QED) is 0.0798. The van der Waals surface area contributed by atoms with E-state index in [1.54, 1.807) is 141 Å². The Kier molecular flexibility index (Phi) is 23.1. The third-order valence-corrected chi connectivity index (χ3v) is 26.3. The van der Waals surface area contributed by atoms with Gasteiger partial charge in [0.2, 0.25) is 0 Å². The van der Waals surface area contributed by atoms with Crippen molar-refractivity contribution in [3.63, 3.8) is 0 Å². The molecule has 0 spiro atoms. The summed E-state index contributed by atoms with van der Waals surface area (Å²) in [5, 5.41) is 0. The Morgan fingerprint density at radius 1 is 0.244 bits per heavy atom. The van der Waals surface area contributed by atoms with Crippen molar-refractivity contribution in [1.82, 2.24) is 0 Å². The van der Waals surface area contributed by atoms with Gasteiger partial charge in [0.05, 0.1) is 79.5 Å². The first-order chi connectivity index (χ1) is 39.2. The van der Waals surface area contributed by atoms with Crippen LogP contribution in [0.4, 0.5) is 105 Å². The molecule has 0 aliphatic heterocycles. The summed E-state index contributed by atoms with van der Waals surface area (Å²) in [5.41, 5.74) is -25.3. The maximum Gasteiger partial charge on any atom is 0.416 e. The van der Waals surface area contributed by atoms with Crippen molar-refractivity contribution in [1.29, 1.82) is 0 Å². The summed E-state index contributed by atoms with van der Waals surface area (Å²) < 4.78 is 341. The third-order valence-electron chi connectivity index (χ3n) is 17.7. The van der Waals surface area contributed by atoms with Gasteiger partial charge in [-0.3, -0.25) is 0 Å². The molecule has 4 aliphatic carbocycles. The van der Waals surface area contributed by atoms with Crippen molar-refractivity contribution in [2.45, 2.75) is 200 Å². The third kappa shape index (κ3) is 17.8. The molecule has 0 nitrogen and oxygen atoms in total. The molecule has 0 heterocycles. The van der Waals surface area contributed by atoms with Crippen LogP contribution < -0.4 is 21.9 Å². The first-order valence-electron chi connectivity index (χ1n) is 28.2. The second kappa shape index (κ2) is 27.7. The van der Waals surface area contributed by atoms with Crippen LogP contribution in [0, 0.1) is 0 Å². The molecule has 4 fully saturated rings. The molecule has 0 aromatic heterocycles. The molecule has 4 aromatic rings. The zero-order valence-electron chi connectivity index (χ0n) is 45.8. The van der Waals surface area contributed by atoms with Crippen LogP contribution in [-0.2, 0) is 68.9 Å². The minimum absolute atomic E-state index is 0. The zero-order valence-corrected chi connectivity index (χ0v) is 49.4. The zero-order chi connectivity index (χ0) is 62.9. The minimum atomic E-state index is -6.13. The molecule has 0 amide bonds. The van der Waals surface area contributed by atoms with Gasteiger partial charge in [-0.05, 0) is 127 Å². The van der Waals surface area contributed by atoms with E-state index in [0.29, 0.717) is 0 Å². The predicted octanol–water partition coefficient (Wildman–Crippen LogP) is 20.0. The molecule has 0 N–H and O–H groups in total. The Balaban J connectivity index is 0.000000338. The molecule has 4 aromatic carbocycles. The fourth-order valence-corrected chi connectivity index (χ4v) is 23.6. The molecule has 8 rings (SSSR count). The molecule has 483 valence electrons. The molecule has 0 bridgehead atoms. The number of halogens is 24. The van der Waals surface area contributed by atoms with Crippen LogP contribution in [0.25, 0.3) is 0 Å². The van der Waals surface area contributed by atoms with E-state index in [-0.39, 0.29) is 35.3 Å². The summed E-state index contributed by atoms with van der Waals surface area (Å²) >= 11 is 0. The van der Waals surface area contributed by atoms with Crippen molar-refractivity contribution >= 4 is 43.8 Å². The maximum atomic E-state index is 14.2. The minimum Gasteiger partial charge on any atom is -0.194 e. The molecular formula is C58H62BF24P2Rh+. The fraction of sp³-hybridized carbons (Fsp3) is 0.586. The normalized spacial score (nSPS) is 18.5. The topological polar surface area (TPSA) is 0 Å². The first kappa shape index (κ1) is 71.8. The largest absolute Gasteiger partial charge is 0.416 e. The van der Waals surface area contributed by atoms with E-state index in [1.807, 2.05) is 0 Å². The van der Waals surface area contributed by atoms with E-state index in [4.69, 9.17) is 0 Å². The van der Waals surface area contributed by atoms with Crippen molar-refractivity contribution < 1.29 is 125 Å². The first-order valence-corrected chi connectivity index (χ1v) is 32.0. The van der Waals surface area contributed by atoms with Crippen LogP contribution in [-0.4, -0.2) is 41.1 Å². The second-order valence-corrected chi connectivity index (χ2v) is 29.8. The van der Waals surface area contributed by atoms with Gasteiger partial charge in [0.1, 0.15) is 6.15 Å². The number of rotatable bonds is 11. The number of benzene rings is 4. The van der Waals surface area contributed by atoms with Crippen molar-refractivity contribution in [3.05, 3.63) is 117 Å². The van der Waals surface area contributed by atoms with E-state index < -0.39 is 195 Å². The van der Waals surface area contributed by atoms with Crippen LogP contribution in [0.1, 0.15) is 173 Å². The van der Waals surface area contributed by atoms with E-state index >= 15 is 0 Å². The van der Waals surface area contributed by atoms with Crippen molar-refractivity contribution in [3.8, 4) is 0 Å². The van der Waals surface area contributed by atoms with Gasteiger partial charge >= 0.3 is 49.4 Å². The van der Waals surface area contributed by atoms with E-state index in [9.17, 15) is 105 Å².